The zero-order valence-corrected chi connectivity index (χ0v) is 15.3. The van der Waals surface area contributed by atoms with Crippen molar-refractivity contribution in [2.45, 2.75) is 46.2 Å². The molecular weight excluding hydrogens is 320 g/mol. The SMILES string of the molecule is CCN(CC)Cc1csc(CNC(=O)CCCc2cccnc2)n1. The number of hydrogen-bond acceptors (Lipinski definition) is 5. The molecule has 0 saturated heterocycles. The first-order valence-corrected chi connectivity index (χ1v) is 9.40. The Hall–Kier alpha value is -1.79. The molecule has 5 nitrogen and oxygen atoms in total. The van der Waals surface area contributed by atoms with Crippen molar-refractivity contribution in [2.75, 3.05) is 13.1 Å². The van der Waals surface area contributed by atoms with Gasteiger partial charge in [0.1, 0.15) is 5.01 Å². The Balaban J connectivity index is 1.67. The maximum atomic E-state index is 11.9. The van der Waals surface area contributed by atoms with Gasteiger partial charge in [-0.05, 0) is 37.6 Å². The van der Waals surface area contributed by atoms with Crippen LogP contribution in [0.3, 0.4) is 0 Å². The van der Waals surface area contributed by atoms with Gasteiger partial charge in [0, 0.05) is 30.7 Å². The standard InChI is InChI=1S/C18H26N4OS/c1-3-22(4-2)13-16-14-24-18(21-16)12-20-17(23)9-5-7-15-8-6-10-19-11-15/h6,8,10-11,14H,3-5,7,9,12-13H2,1-2H3,(H,20,23). The van der Waals surface area contributed by atoms with Crippen molar-refractivity contribution >= 4 is 17.2 Å². The fourth-order valence-corrected chi connectivity index (χ4v) is 3.17. The van der Waals surface area contributed by atoms with Gasteiger partial charge in [0.25, 0.3) is 0 Å². The molecule has 1 amide bonds. The maximum Gasteiger partial charge on any atom is 0.220 e. The molecule has 2 aromatic heterocycles. The zero-order chi connectivity index (χ0) is 17.2. The van der Waals surface area contributed by atoms with E-state index in [2.05, 4.69) is 39.4 Å². The lowest BCUT2D eigenvalue weighted by Gasteiger charge is -2.15. The van der Waals surface area contributed by atoms with Crippen molar-refractivity contribution in [1.82, 2.24) is 20.2 Å². The Kier molecular flexibility index (Phi) is 7.85. The van der Waals surface area contributed by atoms with Crippen LogP contribution >= 0.6 is 11.3 Å². The van der Waals surface area contributed by atoms with Gasteiger partial charge < -0.3 is 5.32 Å². The number of amides is 1. The molecule has 0 unspecified atom stereocenters. The van der Waals surface area contributed by atoms with E-state index < -0.39 is 0 Å². The smallest absolute Gasteiger partial charge is 0.220 e. The van der Waals surface area contributed by atoms with Crippen molar-refractivity contribution < 1.29 is 4.79 Å². The first kappa shape index (κ1) is 18.5. The minimum absolute atomic E-state index is 0.0828. The largest absolute Gasteiger partial charge is 0.350 e. The highest BCUT2D eigenvalue weighted by Crippen LogP contribution is 2.12. The molecule has 0 bridgehead atoms. The Morgan fingerprint density at radius 3 is 2.88 bits per heavy atom. The van der Waals surface area contributed by atoms with Crippen LogP contribution in [0.2, 0.25) is 0 Å². The van der Waals surface area contributed by atoms with E-state index in [0.717, 1.165) is 43.2 Å². The van der Waals surface area contributed by atoms with Crippen LogP contribution in [-0.2, 0) is 24.3 Å². The number of nitrogens with one attached hydrogen (secondary N) is 1. The summed E-state index contributed by atoms with van der Waals surface area (Å²) in [5.41, 5.74) is 2.26. The molecule has 0 aliphatic heterocycles. The maximum absolute atomic E-state index is 11.9. The van der Waals surface area contributed by atoms with Crippen molar-refractivity contribution in [3.05, 3.63) is 46.2 Å². The summed E-state index contributed by atoms with van der Waals surface area (Å²) < 4.78 is 0. The van der Waals surface area contributed by atoms with Gasteiger partial charge in [0.05, 0.1) is 12.2 Å². The van der Waals surface area contributed by atoms with E-state index in [1.807, 2.05) is 18.3 Å². The van der Waals surface area contributed by atoms with Crippen molar-refractivity contribution in [3.8, 4) is 0 Å². The molecule has 24 heavy (non-hydrogen) atoms. The second kappa shape index (κ2) is 10.2. The predicted octanol–water partition coefficient (Wildman–Crippen LogP) is 3.02. The topological polar surface area (TPSA) is 58.1 Å². The van der Waals surface area contributed by atoms with Crippen LogP contribution in [0.5, 0.6) is 0 Å². The highest BCUT2D eigenvalue weighted by molar-refractivity contribution is 7.09. The molecule has 0 fully saturated rings. The van der Waals surface area contributed by atoms with Gasteiger partial charge in [0.15, 0.2) is 0 Å². The molecule has 130 valence electrons. The van der Waals surface area contributed by atoms with Gasteiger partial charge in [-0.1, -0.05) is 19.9 Å². The number of carbonyl (C=O) groups is 1. The lowest BCUT2D eigenvalue weighted by atomic mass is 10.1. The summed E-state index contributed by atoms with van der Waals surface area (Å²) in [7, 11) is 0. The Labute approximate surface area is 148 Å². The summed E-state index contributed by atoms with van der Waals surface area (Å²) >= 11 is 1.61. The molecule has 2 rings (SSSR count). The third kappa shape index (κ3) is 6.37. The lowest BCUT2D eigenvalue weighted by Crippen LogP contribution is -2.23. The molecule has 2 heterocycles. The number of aryl methyl sites for hydroxylation is 1. The van der Waals surface area contributed by atoms with Crippen LogP contribution in [0.4, 0.5) is 0 Å². The molecule has 6 heteroatoms. The number of thiazole rings is 1. The summed E-state index contributed by atoms with van der Waals surface area (Å²) in [4.78, 5) is 22.9. The van der Waals surface area contributed by atoms with E-state index >= 15 is 0 Å². The van der Waals surface area contributed by atoms with Gasteiger partial charge in [-0.2, -0.15) is 0 Å². The van der Waals surface area contributed by atoms with Gasteiger partial charge in [0.2, 0.25) is 5.91 Å². The van der Waals surface area contributed by atoms with Crippen LogP contribution in [0.15, 0.2) is 29.9 Å². The summed E-state index contributed by atoms with van der Waals surface area (Å²) in [5, 5.41) is 6.02. The van der Waals surface area contributed by atoms with E-state index in [0.29, 0.717) is 13.0 Å². The van der Waals surface area contributed by atoms with Gasteiger partial charge in [-0.15, -0.1) is 11.3 Å². The van der Waals surface area contributed by atoms with E-state index in [9.17, 15) is 4.79 Å². The Morgan fingerprint density at radius 2 is 2.17 bits per heavy atom. The van der Waals surface area contributed by atoms with Gasteiger partial charge in [-0.25, -0.2) is 4.98 Å². The van der Waals surface area contributed by atoms with Crippen LogP contribution in [0.25, 0.3) is 0 Å². The van der Waals surface area contributed by atoms with E-state index in [1.165, 1.54) is 5.56 Å². The van der Waals surface area contributed by atoms with Gasteiger partial charge in [-0.3, -0.25) is 14.7 Å². The molecule has 0 spiro atoms. The minimum Gasteiger partial charge on any atom is -0.350 e. The molecule has 0 saturated carbocycles. The normalized spacial score (nSPS) is 11.0. The molecule has 0 aromatic carbocycles. The molecule has 1 N–H and O–H groups in total. The number of aromatic nitrogens is 2. The number of hydrogen-bond donors (Lipinski definition) is 1. The second-order valence-corrected chi connectivity index (χ2v) is 6.63. The molecular formula is C18H26N4OS. The van der Waals surface area contributed by atoms with Crippen molar-refractivity contribution in [3.63, 3.8) is 0 Å². The highest BCUT2D eigenvalue weighted by Gasteiger charge is 2.07. The molecule has 0 radical (unpaired) electrons. The molecule has 0 aliphatic carbocycles. The first-order chi connectivity index (χ1) is 11.7. The lowest BCUT2D eigenvalue weighted by molar-refractivity contribution is -0.121. The summed E-state index contributed by atoms with van der Waals surface area (Å²) in [6.07, 6.45) is 5.87. The fourth-order valence-electron chi connectivity index (χ4n) is 2.44. The monoisotopic (exact) mass is 346 g/mol. The summed E-state index contributed by atoms with van der Waals surface area (Å²) in [6.45, 7) is 7.76. The third-order valence-electron chi connectivity index (χ3n) is 3.91. The van der Waals surface area contributed by atoms with Crippen LogP contribution in [0, 0.1) is 0 Å². The van der Waals surface area contributed by atoms with E-state index in [-0.39, 0.29) is 5.91 Å². The van der Waals surface area contributed by atoms with E-state index in [4.69, 9.17) is 0 Å². The average molecular weight is 346 g/mol. The fraction of sp³-hybridized carbons (Fsp3) is 0.500. The first-order valence-electron chi connectivity index (χ1n) is 8.52. The molecule has 0 atom stereocenters. The minimum atomic E-state index is 0.0828. The average Bonchev–Trinajstić information content (AvgIpc) is 3.06. The number of nitrogens with zero attached hydrogens (tertiary/aromatic N) is 3. The Morgan fingerprint density at radius 1 is 1.33 bits per heavy atom. The summed E-state index contributed by atoms with van der Waals surface area (Å²) in [5.74, 6) is 0.0828. The quantitative estimate of drug-likeness (QED) is 0.718. The predicted molar refractivity (Wildman–Crippen MR) is 97.8 cm³/mol. The number of carbonyl (C=O) groups excluding carboxylic acids is 1. The summed E-state index contributed by atoms with van der Waals surface area (Å²) in [6, 6.07) is 3.96. The second-order valence-electron chi connectivity index (χ2n) is 5.69. The molecule has 2 aromatic rings. The number of rotatable bonds is 10. The van der Waals surface area contributed by atoms with Crippen LogP contribution in [-0.4, -0.2) is 33.9 Å². The Bertz CT molecular complexity index is 610. The highest BCUT2D eigenvalue weighted by atomic mass is 32.1. The van der Waals surface area contributed by atoms with Crippen molar-refractivity contribution in [1.29, 1.82) is 0 Å². The molecule has 0 aliphatic rings. The zero-order valence-electron chi connectivity index (χ0n) is 14.5. The third-order valence-corrected chi connectivity index (χ3v) is 4.81. The van der Waals surface area contributed by atoms with E-state index in [1.54, 1.807) is 17.5 Å². The van der Waals surface area contributed by atoms with Crippen LogP contribution in [0.1, 0.15) is 43.0 Å². The van der Waals surface area contributed by atoms with Crippen molar-refractivity contribution in [2.24, 2.45) is 0 Å². The van der Waals surface area contributed by atoms with Gasteiger partial charge >= 0.3 is 0 Å². The number of pyridine rings is 1. The van der Waals surface area contributed by atoms with Crippen LogP contribution < -0.4 is 5.32 Å².